The van der Waals surface area contributed by atoms with Crippen molar-refractivity contribution >= 4 is 99.5 Å². The third-order valence-electron chi connectivity index (χ3n) is 14.0. The van der Waals surface area contributed by atoms with Crippen molar-refractivity contribution in [2.24, 2.45) is 0 Å². The van der Waals surface area contributed by atoms with Crippen molar-refractivity contribution in [2.75, 3.05) is 9.80 Å². The average Bonchev–Trinajstić information content (AvgIpc) is 4.00. The van der Waals surface area contributed by atoms with E-state index in [-0.39, 0.29) is 5.41 Å². The summed E-state index contributed by atoms with van der Waals surface area (Å²) in [6, 6.07) is 70.2. The topological polar surface area (TPSA) is 32.8 Å². The Morgan fingerprint density at radius 2 is 0.754 bits per heavy atom. The smallest absolute Gasteiger partial charge is 0.159 e. The van der Waals surface area contributed by atoms with Gasteiger partial charge in [-0.05, 0) is 142 Å². The molecule has 1 aliphatic rings. The number of hydrogen-bond donors (Lipinski definition) is 0. The van der Waals surface area contributed by atoms with E-state index in [1.807, 2.05) is 0 Å². The Morgan fingerprint density at radius 1 is 0.354 bits per heavy atom. The molecule has 0 spiro atoms. The van der Waals surface area contributed by atoms with E-state index in [0.29, 0.717) is 0 Å². The van der Waals surface area contributed by atoms with Crippen LogP contribution < -0.4 is 9.80 Å². The zero-order valence-electron chi connectivity index (χ0n) is 36.7. The third-order valence-corrected chi connectivity index (χ3v) is 14.0. The number of hydrogen-bond acceptors (Lipinski definition) is 4. The van der Waals surface area contributed by atoms with E-state index < -0.39 is 0 Å². The van der Waals surface area contributed by atoms with Crippen molar-refractivity contribution < 1.29 is 8.83 Å². The fourth-order valence-electron chi connectivity index (χ4n) is 10.9. The van der Waals surface area contributed by atoms with Crippen LogP contribution >= 0.6 is 0 Å². The van der Waals surface area contributed by atoms with Gasteiger partial charge < -0.3 is 18.6 Å². The fourth-order valence-corrected chi connectivity index (χ4v) is 10.9. The lowest BCUT2D eigenvalue weighted by Crippen LogP contribution is -2.17. The fraction of sp³-hybridized carbons (Fsp3) is 0.0820. The van der Waals surface area contributed by atoms with Crippen LogP contribution in [0.15, 0.2) is 203 Å². The maximum Gasteiger partial charge on any atom is 0.159 e. The molecule has 2 heterocycles. The molecule has 0 unspecified atom stereocenters. The molecule has 12 aromatic rings. The second-order valence-electron chi connectivity index (χ2n) is 18.2. The average molecular weight is 837 g/mol. The molecule has 2 aromatic heterocycles. The SMILES string of the molecule is Cc1cc2ccccc2c2c1oc1c(N(c3ccccc3)c3ccc4c(c3)C(C)(C)c3cc(N(c5ccccc5)c5cccc6c5oc5c(C)cc7ccccc7c56)ccc3-4)cccc12. The lowest BCUT2D eigenvalue weighted by molar-refractivity contribution is 0.660. The number of para-hydroxylation sites is 4. The van der Waals surface area contributed by atoms with Crippen LogP contribution in [0.25, 0.3) is 76.5 Å². The summed E-state index contributed by atoms with van der Waals surface area (Å²) < 4.78 is 13.9. The molecule has 0 radical (unpaired) electrons. The minimum atomic E-state index is -0.315. The van der Waals surface area contributed by atoms with Crippen molar-refractivity contribution in [1.82, 2.24) is 0 Å². The van der Waals surface area contributed by atoms with Crippen molar-refractivity contribution in [3.05, 3.63) is 216 Å². The van der Waals surface area contributed by atoms with Gasteiger partial charge in [-0.2, -0.15) is 0 Å². The zero-order chi connectivity index (χ0) is 43.6. The molecule has 0 aliphatic heterocycles. The largest absolute Gasteiger partial charge is 0.454 e. The Balaban J connectivity index is 0.965. The first-order valence-electron chi connectivity index (χ1n) is 22.5. The summed E-state index contributed by atoms with van der Waals surface area (Å²) >= 11 is 0. The van der Waals surface area contributed by atoms with Crippen LogP contribution in [0.4, 0.5) is 34.1 Å². The summed E-state index contributed by atoms with van der Waals surface area (Å²) in [6.45, 7) is 9.04. The van der Waals surface area contributed by atoms with Gasteiger partial charge in [0.15, 0.2) is 11.2 Å². The Hall–Kier alpha value is -8.08. The molecule has 0 N–H and O–H groups in total. The Bertz CT molecular complexity index is 3640. The molecular formula is C61H44N2O2. The number of anilines is 6. The van der Waals surface area contributed by atoms with Crippen molar-refractivity contribution in [3.8, 4) is 11.1 Å². The number of furan rings is 2. The number of nitrogens with zero attached hydrogens (tertiary/aromatic N) is 2. The summed E-state index contributed by atoms with van der Waals surface area (Å²) in [4.78, 5) is 4.73. The lowest BCUT2D eigenvalue weighted by atomic mass is 9.82. The molecule has 0 saturated carbocycles. The molecule has 0 bridgehead atoms. The predicted octanol–water partition coefficient (Wildman–Crippen LogP) is 17.7. The highest BCUT2D eigenvalue weighted by atomic mass is 16.3. The monoisotopic (exact) mass is 836 g/mol. The molecule has 0 atom stereocenters. The van der Waals surface area contributed by atoms with Gasteiger partial charge in [0.2, 0.25) is 0 Å². The van der Waals surface area contributed by atoms with Crippen molar-refractivity contribution in [1.29, 1.82) is 0 Å². The van der Waals surface area contributed by atoms with E-state index in [1.54, 1.807) is 0 Å². The van der Waals surface area contributed by atoms with Crippen LogP contribution in [0.1, 0.15) is 36.1 Å². The molecule has 10 aromatic carbocycles. The van der Waals surface area contributed by atoms with E-state index in [0.717, 1.165) is 89.1 Å². The van der Waals surface area contributed by atoms with E-state index in [2.05, 4.69) is 232 Å². The predicted molar refractivity (Wildman–Crippen MR) is 272 cm³/mol. The first kappa shape index (κ1) is 37.5. The zero-order valence-corrected chi connectivity index (χ0v) is 36.7. The van der Waals surface area contributed by atoms with Gasteiger partial charge in [0.25, 0.3) is 0 Å². The molecule has 4 nitrogen and oxygen atoms in total. The molecule has 65 heavy (non-hydrogen) atoms. The van der Waals surface area contributed by atoms with Crippen LogP contribution in [-0.2, 0) is 5.41 Å². The number of fused-ring (bicyclic) bond motifs is 13. The van der Waals surface area contributed by atoms with Gasteiger partial charge in [-0.15, -0.1) is 0 Å². The highest BCUT2D eigenvalue weighted by molar-refractivity contribution is 6.23. The highest BCUT2D eigenvalue weighted by Gasteiger charge is 2.37. The van der Waals surface area contributed by atoms with Crippen LogP contribution in [-0.4, -0.2) is 0 Å². The normalized spacial score (nSPS) is 13.0. The molecule has 4 heteroatoms. The molecule has 310 valence electrons. The molecule has 13 rings (SSSR count). The standard InChI is InChI=1S/C61H44N2O2/c1-37-33-39-17-11-13-23-45(39)55-49-25-15-27-53(59(49)64-57(37)55)62(41-19-7-5-8-20-41)43-29-31-47-48-32-30-44(36-52(48)61(3,4)51(47)35-43)63(42-21-9-6-10-22-42)54-28-16-26-50-56-46-24-14-12-18-40(46)34-38(2)58(56)65-60(50)54/h5-36H,1-4H3. The second-order valence-corrected chi connectivity index (χ2v) is 18.2. The van der Waals surface area contributed by atoms with Crippen LogP contribution in [0.5, 0.6) is 0 Å². The van der Waals surface area contributed by atoms with Gasteiger partial charge in [-0.1, -0.05) is 135 Å². The maximum atomic E-state index is 6.95. The summed E-state index contributed by atoms with van der Waals surface area (Å²) in [5, 5.41) is 9.40. The lowest BCUT2D eigenvalue weighted by Gasteiger charge is -2.29. The van der Waals surface area contributed by atoms with E-state index >= 15 is 0 Å². The summed E-state index contributed by atoms with van der Waals surface area (Å²) in [5.74, 6) is 0. The van der Waals surface area contributed by atoms with Gasteiger partial charge in [0.1, 0.15) is 11.2 Å². The van der Waals surface area contributed by atoms with Crippen LogP contribution in [0, 0.1) is 13.8 Å². The van der Waals surface area contributed by atoms with Crippen LogP contribution in [0.2, 0.25) is 0 Å². The summed E-state index contributed by atoms with van der Waals surface area (Å²) in [6.07, 6.45) is 0. The van der Waals surface area contributed by atoms with E-state index in [9.17, 15) is 0 Å². The summed E-state index contributed by atoms with van der Waals surface area (Å²) in [5.41, 5.74) is 17.0. The minimum Gasteiger partial charge on any atom is -0.454 e. The van der Waals surface area contributed by atoms with Crippen molar-refractivity contribution in [2.45, 2.75) is 33.1 Å². The highest BCUT2D eigenvalue weighted by Crippen LogP contribution is 2.54. The Morgan fingerprint density at radius 3 is 1.20 bits per heavy atom. The summed E-state index contributed by atoms with van der Waals surface area (Å²) in [7, 11) is 0. The van der Waals surface area contributed by atoms with Gasteiger partial charge in [-0.25, -0.2) is 0 Å². The number of aryl methyl sites for hydroxylation is 2. The second kappa shape index (κ2) is 14.0. The molecule has 0 fully saturated rings. The van der Waals surface area contributed by atoms with E-state index in [1.165, 1.54) is 43.8 Å². The number of rotatable bonds is 6. The van der Waals surface area contributed by atoms with Gasteiger partial charge in [0, 0.05) is 49.7 Å². The quantitative estimate of drug-likeness (QED) is 0.167. The van der Waals surface area contributed by atoms with Gasteiger partial charge in [0.05, 0.1) is 11.4 Å². The third kappa shape index (κ3) is 5.50. The molecule has 0 saturated heterocycles. The molecular weight excluding hydrogens is 793 g/mol. The van der Waals surface area contributed by atoms with E-state index in [4.69, 9.17) is 8.83 Å². The van der Waals surface area contributed by atoms with Crippen LogP contribution in [0.3, 0.4) is 0 Å². The Labute approximate surface area is 377 Å². The van der Waals surface area contributed by atoms with Gasteiger partial charge in [-0.3, -0.25) is 0 Å². The Kier molecular flexibility index (Phi) is 8.05. The first-order chi connectivity index (χ1) is 31.8. The van der Waals surface area contributed by atoms with Crippen molar-refractivity contribution in [3.63, 3.8) is 0 Å². The van der Waals surface area contributed by atoms with Gasteiger partial charge >= 0.3 is 0 Å². The number of benzene rings is 10. The molecule has 1 aliphatic carbocycles. The molecule has 0 amide bonds. The first-order valence-corrected chi connectivity index (χ1v) is 22.5. The maximum absolute atomic E-state index is 6.95. The minimum absolute atomic E-state index is 0.315.